The quantitative estimate of drug-likeness (QED) is 0.861. The van der Waals surface area contributed by atoms with Gasteiger partial charge < -0.3 is 9.84 Å². The van der Waals surface area contributed by atoms with Gasteiger partial charge in [0.1, 0.15) is 5.41 Å². The number of carboxylic acids is 1. The van der Waals surface area contributed by atoms with Crippen molar-refractivity contribution in [3.63, 3.8) is 0 Å². The molecule has 98 valence electrons. The fraction of sp³-hybridized carbons (Fsp3) is 0.417. The number of benzene rings is 1. The Morgan fingerprint density at radius 2 is 2.06 bits per heavy atom. The lowest BCUT2D eigenvalue weighted by molar-refractivity contribution is -0.145. The second-order valence-electron chi connectivity index (χ2n) is 4.45. The molecule has 1 fully saturated rings. The zero-order chi connectivity index (χ0) is 13.4. The minimum atomic E-state index is -3.60. The Morgan fingerprint density at radius 1 is 1.44 bits per heavy atom. The minimum Gasteiger partial charge on any atom is -0.481 e. The van der Waals surface area contributed by atoms with Crippen molar-refractivity contribution in [3.05, 3.63) is 30.3 Å². The molecule has 0 saturated heterocycles. The molecule has 0 unspecified atom stereocenters. The van der Waals surface area contributed by atoms with Crippen LogP contribution in [0.4, 0.5) is 0 Å². The normalized spacial score (nSPS) is 26.8. The van der Waals surface area contributed by atoms with Gasteiger partial charge in [0.15, 0.2) is 9.84 Å². The molecule has 1 aliphatic carbocycles. The first-order valence-electron chi connectivity index (χ1n) is 5.46. The third-order valence-corrected chi connectivity index (χ3v) is 5.58. The number of carboxylic acid groups (broad SMARTS) is 1. The second kappa shape index (κ2) is 4.37. The highest BCUT2D eigenvalue weighted by Crippen LogP contribution is 2.52. The van der Waals surface area contributed by atoms with Crippen LogP contribution in [0, 0.1) is 5.41 Å². The maximum atomic E-state index is 12.3. The van der Waals surface area contributed by atoms with Crippen molar-refractivity contribution >= 4 is 15.8 Å². The van der Waals surface area contributed by atoms with Gasteiger partial charge in [-0.05, 0) is 18.6 Å². The van der Waals surface area contributed by atoms with Gasteiger partial charge in [0, 0.05) is 7.11 Å². The van der Waals surface area contributed by atoms with Gasteiger partial charge in [-0.25, -0.2) is 8.42 Å². The first-order chi connectivity index (χ1) is 8.45. The molecule has 0 radical (unpaired) electrons. The largest absolute Gasteiger partial charge is 0.481 e. The van der Waals surface area contributed by atoms with Crippen molar-refractivity contribution in [2.75, 3.05) is 13.7 Å². The highest BCUT2D eigenvalue weighted by molar-refractivity contribution is 7.92. The maximum Gasteiger partial charge on any atom is 0.313 e. The molecule has 0 heterocycles. The molecule has 0 amide bonds. The number of carbonyl (C=O) groups is 1. The molecule has 6 heteroatoms. The topological polar surface area (TPSA) is 80.7 Å². The van der Waals surface area contributed by atoms with Crippen LogP contribution in [0.15, 0.2) is 35.2 Å². The van der Waals surface area contributed by atoms with Crippen LogP contribution in [0.5, 0.6) is 0 Å². The predicted molar refractivity (Wildman–Crippen MR) is 64.0 cm³/mol. The third kappa shape index (κ3) is 1.91. The number of rotatable bonds is 5. The van der Waals surface area contributed by atoms with E-state index in [1.54, 1.807) is 18.2 Å². The Hall–Kier alpha value is -1.40. The number of hydrogen-bond acceptors (Lipinski definition) is 4. The van der Waals surface area contributed by atoms with Gasteiger partial charge in [-0.3, -0.25) is 4.79 Å². The van der Waals surface area contributed by atoms with E-state index in [-0.39, 0.29) is 17.9 Å². The molecule has 5 nitrogen and oxygen atoms in total. The van der Waals surface area contributed by atoms with E-state index in [4.69, 9.17) is 4.74 Å². The highest BCUT2D eigenvalue weighted by Gasteiger charge is 2.66. The second-order valence-corrected chi connectivity index (χ2v) is 6.58. The van der Waals surface area contributed by atoms with Gasteiger partial charge in [0.2, 0.25) is 0 Å². The first-order valence-corrected chi connectivity index (χ1v) is 7.01. The maximum absolute atomic E-state index is 12.3. The molecule has 0 spiro atoms. The van der Waals surface area contributed by atoms with Crippen LogP contribution in [-0.4, -0.2) is 38.5 Å². The molecular weight excluding hydrogens is 256 g/mol. The van der Waals surface area contributed by atoms with Crippen molar-refractivity contribution in [2.24, 2.45) is 5.41 Å². The summed E-state index contributed by atoms with van der Waals surface area (Å²) >= 11 is 0. The Morgan fingerprint density at radius 3 is 2.56 bits per heavy atom. The summed E-state index contributed by atoms with van der Waals surface area (Å²) < 4.78 is 29.4. The number of hydrogen-bond donors (Lipinski definition) is 1. The van der Waals surface area contributed by atoms with Gasteiger partial charge in [-0.2, -0.15) is 0 Å². The molecule has 2 atom stereocenters. The summed E-state index contributed by atoms with van der Waals surface area (Å²) in [5, 5.41) is 8.27. The highest BCUT2D eigenvalue weighted by atomic mass is 32.2. The van der Waals surface area contributed by atoms with Gasteiger partial charge in [0.25, 0.3) is 0 Å². The minimum absolute atomic E-state index is 0.0843. The number of aliphatic carboxylic acids is 1. The summed E-state index contributed by atoms with van der Waals surface area (Å²) in [7, 11) is -2.23. The van der Waals surface area contributed by atoms with Gasteiger partial charge in [-0.15, -0.1) is 0 Å². The average molecular weight is 270 g/mol. The van der Waals surface area contributed by atoms with Crippen molar-refractivity contribution in [2.45, 2.75) is 16.6 Å². The summed E-state index contributed by atoms with van der Waals surface area (Å²) in [5.74, 6) is -1.12. The van der Waals surface area contributed by atoms with Crippen LogP contribution in [0.3, 0.4) is 0 Å². The molecule has 1 aromatic carbocycles. The van der Waals surface area contributed by atoms with E-state index in [9.17, 15) is 18.3 Å². The molecular formula is C12H14O5S. The summed E-state index contributed by atoms with van der Waals surface area (Å²) in [4.78, 5) is 11.4. The molecule has 1 aromatic rings. The molecule has 0 aromatic heterocycles. The zero-order valence-electron chi connectivity index (χ0n) is 9.87. The fourth-order valence-corrected chi connectivity index (χ4v) is 4.29. The molecule has 18 heavy (non-hydrogen) atoms. The number of methoxy groups -OCH3 is 1. The fourth-order valence-electron chi connectivity index (χ4n) is 2.15. The Kier molecular flexibility index (Phi) is 3.16. The van der Waals surface area contributed by atoms with Crippen molar-refractivity contribution in [1.82, 2.24) is 0 Å². The van der Waals surface area contributed by atoms with E-state index >= 15 is 0 Å². The van der Waals surface area contributed by atoms with Gasteiger partial charge in [0.05, 0.1) is 16.8 Å². The lowest BCUT2D eigenvalue weighted by atomic mass is 10.1. The van der Waals surface area contributed by atoms with Crippen LogP contribution in [-0.2, 0) is 19.4 Å². The van der Waals surface area contributed by atoms with Crippen molar-refractivity contribution < 1.29 is 23.1 Å². The Balaban J connectivity index is 2.33. The van der Waals surface area contributed by atoms with Crippen LogP contribution >= 0.6 is 0 Å². The standard InChI is InChI=1S/C12H14O5S/c1-17-8-12(11(13)14)7-10(12)18(15,16)9-5-3-2-4-6-9/h2-6,10H,7-8H2,1H3,(H,13,14)/t10-,12+/m0/s1. The molecule has 1 N–H and O–H groups in total. The summed E-state index contributed by atoms with van der Waals surface area (Å²) in [5.41, 5.74) is -1.29. The molecule has 2 rings (SSSR count). The third-order valence-electron chi connectivity index (χ3n) is 3.28. The zero-order valence-corrected chi connectivity index (χ0v) is 10.7. The smallest absolute Gasteiger partial charge is 0.313 e. The van der Waals surface area contributed by atoms with E-state index in [0.29, 0.717) is 0 Å². The number of sulfone groups is 1. The van der Waals surface area contributed by atoms with E-state index in [1.165, 1.54) is 19.2 Å². The van der Waals surface area contributed by atoms with Crippen LogP contribution in [0.1, 0.15) is 6.42 Å². The monoisotopic (exact) mass is 270 g/mol. The summed E-state index contributed by atoms with van der Waals surface area (Å²) in [6, 6.07) is 7.91. The first kappa shape index (κ1) is 13.0. The van der Waals surface area contributed by atoms with Crippen LogP contribution in [0.2, 0.25) is 0 Å². The lowest BCUT2D eigenvalue weighted by Crippen LogP contribution is -2.28. The van der Waals surface area contributed by atoms with Crippen molar-refractivity contribution in [1.29, 1.82) is 0 Å². The van der Waals surface area contributed by atoms with Crippen LogP contribution in [0.25, 0.3) is 0 Å². The van der Waals surface area contributed by atoms with Crippen molar-refractivity contribution in [3.8, 4) is 0 Å². The van der Waals surface area contributed by atoms with Gasteiger partial charge in [-0.1, -0.05) is 18.2 Å². The Labute approximate surface area is 105 Å². The van der Waals surface area contributed by atoms with E-state index in [2.05, 4.69) is 0 Å². The number of ether oxygens (including phenoxy) is 1. The van der Waals surface area contributed by atoms with E-state index < -0.39 is 26.5 Å². The SMILES string of the molecule is COC[C@]1(C(=O)O)C[C@@H]1S(=O)(=O)c1ccccc1. The molecule has 0 bridgehead atoms. The lowest BCUT2D eigenvalue weighted by Gasteiger charge is -2.11. The molecule has 1 aliphatic rings. The molecule has 1 saturated carbocycles. The predicted octanol–water partition coefficient (Wildman–Crippen LogP) is 0.950. The summed E-state index contributed by atoms with van der Waals surface area (Å²) in [6.45, 7) is -0.0843. The molecule has 0 aliphatic heterocycles. The average Bonchev–Trinajstić information content (AvgIpc) is 3.07. The van der Waals surface area contributed by atoms with E-state index in [1.807, 2.05) is 0 Å². The summed E-state index contributed by atoms with van der Waals surface area (Å²) in [6.07, 6.45) is 0.105. The van der Waals surface area contributed by atoms with Gasteiger partial charge >= 0.3 is 5.97 Å². The van der Waals surface area contributed by atoms with E-state index in [0.717, 1.165) is 0 Å². The Bertz CT molecular complexity index is 551. The van der Waals surface area contributed by atoms with Crippen LogP contribution < -0.4 is 0 Å².